The molecule has 0 aromatic heterocycles. The van der Waals surface area contributed by atoms with Crippen molar-refractivity contribution >= 4 is 11.6 Å². The number of benzene rings is 1. The molecule has 0 saturated carbocycles. The minimum Gasteiger partial charge on any atom is -0.496 e. The lowest BCUT2D eigenvalue weighted by molar-refractivity contribution is 0.382. The number of hydrogen-bond donors (Lipinski definition) is 1. The molecule has 0 aliphatic heterocycles. The van der Waals surface area contributed by atoms with Gasteiger partial charge in [-0.05, 0) is 44.4 Å². The third-order valence-electron chi connectivity index (χ3n) is 3.17. The van der Waals surface area contributed by atoms with Crippen LogP contribution >= 0.6 is 11.6 Å². The maximum atomic E-state index is 6.29. The number of rotatable bonds is 3. The van der Waals surface area contributed by atoms with E-state index in [0.717, 1.165) is 33.9 Å². The van der Waals surface area contributed by atoms with Gasteiger partial charge in [-0.2, -0.15) is 0 Å². The van der Waals surface area contributed by atoms with E-state index in [-0.39, 0.29) is 0 Å². The largest absolute Gasteiger partial charge is 0.496 e. The first kappa shape index (κ1) is 13.3. The van der Waals surface area contributed by atoms with E-state index in [2.05, 4.69) is 6.92 Å². The lowest BCUT2D eigenvalue weighted by Gasteiger charge is -2.28. The molecule has 1 unspecified atom stereocenters. The van der Waals surface area contributed by atoms with Crippen molar-refractivity contribution in [1.82, 2.24) is 0 Å². The van der Waals surface area contributed by atoms with Gasteiger partial charge in [0.05, 0.1) is 7.11 Å². The second kappa shape index (κ2) is 4.64. The standard InChI is InChI=1S/C13H20ClNO/c1-6-13(4,15)11-9(3)12(14)8(2)7-10(11)16-5/h7H,6,15H2,1-5H3. The summed E-state index contributed by atoms with van der Waals surface area (Å²) >= 11 is 6.26. The first-order valence-electron chi connectivity index (χ1n) is 5.48. The Bertz CT molecular complexity index is 399. The summed E-state index contributed by atoms with van der Waals surface area (Å²) in [5.41, 5.74) is 8.93. The van der Waals surface area contributed by atoms with Gasteiger partial charge in [-0.15, -0.1) is 0 Å². The van der Waals surface area contributed by atoms with Crippen LogP contribution in [0.3, 0.4) is 0 Å². The van der Waals surface area contributed by atoms with Crippen LogP contribution < -0.4 is 10.5 Å². The summed E-state index contributed by atoms with van der Waals surface area (Å²) < 4.78 is 5.41. The van der Waals surface area contributed by atoms with E-state index in [4.69, 9.17) is 22.1 Å². The highest BCUT2D eigenvalue weighted by molar-refractivity contribution is 6.32. The van der Waals surface area contributed by atoms with Crippen LogP contribution in [0.5, 0.6) is 5.75 Å². The number of ether oxygens (including phenoxy) is 1. The van der Waals surface area contributed by atoms with Crippen molar-refractivity contribution in [1.29, 1.82) is 0 Å². The molecule has 0 fully saturated rings. The van der Waals surface area contributed by atoms with Crippen LogP contribution in [0, 0.1) is 13.8 Å². The second-order valence-electron chi connectivity index (χ2n) is 4.48. The molecule has 16 heavy (non-hydrogen) atoms. The Morgan fingerprint density at radius 3 is 2.44 bits per heavy atom. The van der Waals surface area contributed by atoms with Crippen molar-refractivity contribution in [3.8, 4) is 5.75 Å². The van der Waals surface area contributed by atoms with Gasteiger partial charge >= 0.3 is 0 Å². The molecule has 90 valence electrons. The lowest BCUT2D eigenvalue weighted by atomic mass is 9.85. The van der Waals surface area contributed by atoms with E-state index in [1.54, 1.807) is 7.11 Å². The van der Waals surface area contributed by atoms with Crippen LogP contribution in [0.1, 0.15) is 37.0 Å². The third-order valence-corrected chi connectivity index (χ3v) is 3.75. The van der Waals surface area contributed by atoms with Crippen molar-refractivity contribution in [2.75, 3.05) is 7.11 Å². The highest BCUT2D eigenvalue weighted by Crippen LogP contribution is 2.38. The van der Waals surface area contributed by atoms with Gasteiger partial charge in [0.1, 0.15) is 5.75 Å². The summed E-state index contributed by atoms with van der Waals surface area (Å²) in [5.74, 6) is 0.825. The molecular formula is C13H20ClNO. The van der Waals surface area contributed by atoms with Crippen molar-refractivity contribution in [3.05, 3.63) is 27.8 Å². The Morgan fingerprint density at radius 1 is 1.44 bits per heavy atom. The van der Waals surface area contributed by atoms with Crippen LogP contribution in [0.2, 0.25) is 5.02 Å². The molecule has 0 bridgehead atoms. The predicted octanol–water partition coefficient (Wildman–Crippen LogP) is 3.55. The molecule has 0 amide bonds. The minimum absolute atomic E-state index is 0.410. The van der Waals surface area contributed by atoms with Crippen LogP contribution in [-0.4, -0.2) is 7.11 Å². The molecule has 2 N–H and O–H groups in total. The Morgan fingerprint density at radius 2 is 2.00 bits per heavy atom. The van der Waals surface area contributed by atoms with Crippen LogP contribution in [-0.2, 0) is 5.54 Å². The monoisotopic (exact) mass is 241 g/mol. The molecule has 0 aliphatic carbocycles. The molecule has 0 saturated heterocycles. The van der Waals surface area contributed by atoms with Gasteiger partial charge in [-0.1, -0.05) is 18.5 Å². The normalized spacial score (nSPS) is 14.7. The van der Waals surface area contributed by atoms with E-state index in [1.165, 1.54) is 0 Å². The van der Waals surface area contributed by atoms with Gasteiger partial charge in [0.2, 0.25) is 0 Å². The molecule has 3 heteroatoms. The fourth-order valence-corrected chi connectivity index (χ4v) is 2.12. The van der Waals surface area contributed by atoms with E-state index < -0.39 is 5.54 Å². The van der Waals surface area contributed by atoms with Crippen molar-refractivity contribution in [3.63, 3.8) is 0 Å². The van der Waals surface area contributed by atoms with Crippen LogP contribution in [0.15, 0.2) is 6.07 Å². The van der Waals surface area contributed by atoms with E-state index in [0.29, 0.717) is 0 Å². The molecule has 0 aliphatic rings. The fourth-order valence-electron chi connectivity index (χ4n) is 1.97. The zero-order valence-corrected chi connectivity index (χ0v) is 11.4. The minimum atomic E-state index is -0.410. The zero-order valence-electron chi connectivity index (χ0n) is 10.6. The summed E-state index contributed by atoms with van der Waals surface area (Å²) in [6, 6.07) is 1.95. The molecule has 1 rings (SSSR count). The molecule has 1 aromatic carbocycles. The van der Waals surface area contributed by atoms with E-state index >= 15 is 0 Å². The van der Waals surface area contributed by atoms with Crippen LogP contribution in [0.25, 0.3) is 0 Å². The van der Waals surface area contributed by atoms with Gasteiger partial charge in [0.15, 0.2) is 0 Å². The predicted molar refractivity (Wildman–Crippen MR) is 69.3 cm³/mol. The Kier molecular flexibility index (Phi) is 3.87. The molecule has 1 atom stereocenters. The average Bonchev–Trinajstić information content (AvgIpc) is 2.24. The highest BCUT2D eigenvalue weighted by atomic mass is 35.5. The van der Waals surface area contributed by atoms with E-state index in [9.17, 15) is 0 Å². The molecule has 2 nitrogen and oxygen atoms in total. The number of halogens is 1. The number of hydrogen-bond acceptors (Lipinski definition) is 2. The third kappa shape index (κ3) is 2.18. The molecule has 1 aromatic rings. The summed E-state index contributed by atoms with van der Waals surface area (Å²) in [4.78, 5) is 0. The van der Waals surface area contributed by atoms with Crippen molar-refractivity contribution in [2.45, 2.75) is 39.7 Å². The summed E-state index contributed by atoms with van der Waals surface area (Å²) in [5, 5.41) is 0.779. The first-order chi connectivity index (χ1) is 7.35. The summed E-state index contributed by atoms with van der Waals surface area (Å²) in [7, 11) is 1.66. The lowest BCUT2D eigenvalue weighted by Crippen LogP contribution is -2.33. The van der Waals surface area contributed by atoms with Gasteiger partial charge in [-0.3, -0.25) is 0 Å². The highest BCUT2D eigenvalue weighted by Gasteiger charge is 2.27. The van der Waals surface area contributed by atoms with Gasteiger partial charge < -0.3 is 10.5 Å². The molecular weight excluding hydrogens is 222 g/mol. The maximum absolute atomic E-state index is 6.29. The maximum Gasteiger partial charge on any atom is 0.124 e. The van der Waals surface area contributed by atoms with Crippen molar-refractivity contribution in [2.24, 2.45) is 5.73 Å². The van der Waals surface area contributed by atoms with Gasteiger partial charge in [0, 0.05) is 16.1 Å². The smallest absolute Gasteiger partial charge is 0.124 e. The summed E-state index contributed by atoms with van der Waals surface area (Å²) in [6.45, 7) is 8.03. The Labute approximate surface area is 103 Å². The number of methoxy groups -OCH3 is 1. The Hall–Kier alpha value is -0.730. The quantitative estimate of drug-likeness (QED) is 0.879. The topological polar surface area (TPSA) is 35.2 Å². The van der Waals surface area contributed by atoms with Gasteiger partial charge in [-0.25, -0.2) is 0 Å². The SMILES string of the molecule is CCC(C)(N)c1c(OC)cc(C)c(Cl)c1C. The first-order valence-corrected chi connectivity index (χ1v) is 5.86. The zero-order chi connectivity index (χ0) is 12.5. The average molecular weight is 242 g/mol. The number of nitrogens with two attached hydrogens (primary N) is 1. The molecule has 0 radical (unpaired) electrons. The molecule has 0 spiro atoms. The second-order valence-corrected chi connectivity index (χ2v) is 4.86. The van der Waals surface area contributed by atoms with Gasteiger partial charge in [0.25, 0.3) is 0 Å². The van der Waals surface area contributed by atoms with Crippen molar-refractivity contribution < 1.29 is 4.74 Å². The summed E-state index contributed by atoms with van der Waals surface area (Å²) in [6.07, 6.45) is 0.837. The number of aryl methyl sites for hydroxylation is 1. The fraction of sp³-hybridized carbons (Fsp3) is 0.538. The molecule has 0 heterocycles. The van der Waals surface area contributed by atoms with E-state index in [1.807, 2.05) is 26.8 Å². The van der Waals surface area contributed by atoms with Crippen LogP contribution in [0.4, 0.5) is 0 Å². The Balaban J connectivity index is 3.53.